The Kier molecular flexibility index (Phi) is 8.38. The lowest BCUT2D eigenvalue weighted by Gasteiger charge is -2.26. The Morgan fingerprint density at radius 1 is 0.949 bits per heavy atom. The number of ether oxygens (including phenoxy) is 3. The molecular formula is C30H33N5O4. The molecule has 9 heteroatoms. The first-order valence-electron chi connectivity index (χ1n) is 13.1. The van der Waals surface area contributed by atoms with Gasteiger partial charge in [0.2, 0.25) is 5.88 Å². The van der Waals surface area contributed by atoms with Gasteiger partial charge in [0.15, 0.2) is 11.5 Å². The maximum absolute atomic E-state index is 13.3. The maximum Gasteiger partial charge on any atom is 0.259 e. The molecule has 3 heterocycles. The number of aromatic nitrogens is 3. The van der Waals surface area contributed by atoms with Crippen molar-refractivity contribution in [3.63, 3.8) is 0 Å². The van der Waals surface area contributed by atoms with Crippen LogP contribution in [0.15, 0.2) is 79.3 Å². The van der Waals surface area contributed by atoms with Crippen LogP contribution < -0.4 is 14.2 Å². The van der Waals surface area contributed by atoms with Gasteiger partial charge in [-0.3, -0.25) is 14.4 Å². The number of rotatable bonds is 6. The summed E-state index contributed by atoms with van der Waals surface area (Å²) in [6.07, 6.45) is 5.34. The van der Waals surface area contributed by atoms with Gasteiger partial charge in [-0.15, -0.1) is 0 Å². The normalized spacial score (nSPS) is 14.6. The van der Waals surface area contributed by atoms with E-state index < -0.39 is 0 Å². The molecule has 0 N–H and O–H groups in total. The van der Waals surface area contributed by atoms with E-state index in [1.807, 2.05) is 54.2 Å². The van der Waals surface area contributed by atoms with Gasteiger partial charge in [0.05, 0.1) is 13.2 Å². The van der Waals surface area contributed by atoms with E-state index in [0.717, 1.165) is 16.9 Å². The molecule has 0 saturated heterocycles. The molecule has 0 spiro atoms. The smallest absolute Gasteiger partial charge is 0.259 e. The van der Waals surface area contributed by atoms with E-state index in [2.05, 4.69) is 27.1 Å². The van der Waals surface area contributed by atoms with Gasteiger partial charge in [-0.25, -0.2) is 4.98 Å². The number of hydrogen-bond donors (Lipinski definition) is 0. The van der Waals surface area contributed by atoms with Gasteiger partial charge in [-0.1, -0.05) is 18.2 Å². The summed E-state index contributed by atoms with van der Waals surface area (Å²) in [4.78, 5) is 21.7. The van der Waals surface area contributed by atoms with Gasteiger partial charge in [0.1, 0.15) is 17.9 Å². The molecule has 0 aliphatic carbocycles. The van der Waals surface area contributed by atoms with Crippen LogP contribution in [0.2, 0.25) is 0 Å². The molecule has 1 amide bonds. The Morgan fingerprint density at radius 2 is 1.82 bits per heavy atom. The molecule has 0 radical (unpaired) electrons. The summed E-state index contributed by atoms with van der Waals surface area (Å²) < 4.78 is 20.0. The molecule has 0 fully saturated rings. The first kappa shape index (κ1) is 26.2. The Labute approximate surface area is 228 Å². The monoisotopic (exact) mass is 527 g/mol. The maximum atomic E-state index is 13.3. The number of pyridine rings is 1. The molecule has 39 heavy (non-hydrogen) atoms. The minimum absolute atomic E-state index is 0.140. The van der Waals surface area contributed by atoms with Crippen LogP contribution in [0.3, 0.4) is 0 Å². The van der Waals surface area contributed by atoms with Gasteiger partial charge < -0.3 is 19.1 Å². The summed E-state index contributed by atoms with van der Waals surface area (Å²) >= 11 is 0. The summed E-state index contributed by atoms with van der Waals surface area (Å²) in [5.41, 5.74) is 2.63. The zero-order valence-corrected chi connectivity index (χ0v) is 22.3. The standard InChI is InChI=1S/C30H33N5O4/c1-3-37-26-12-11-23(20-24(26)22-35-15-7-14-32-35)21-34-17-16-33(2)30(36)25-8-6-13-31-29(25)39-28-10-5-4-9-27(28)38-19-18-34/h4-15,20H,3,16-19,21-22H2,1-2H3. The highest BCUT2D eigenvalue weighted by Crippen LogP contribution is 2.32. The number of amides is 1. The number of benzene rings is 2. The third-order valence-corrected chi connectivity index (χ3v) is 6.54. The highest BCUT2D eigenvalue weighted by Gasteiger charge is 2.21. The summed E-state index contributed by atoms with van der Waals surface area (Å²) in [7, 11) is 1.81. The predicted octanol–water partition coefficient (Wildman–Crippen LogP) is 4.48. The average molecular weight is 528 g/mol. The van der Waals surface area contributed by atoms with Crippen molar-refractivity contribution in [2.45, 2.75) is 20.0 Å². The van der Waals surface area contributed by atoms with E-state index in [1.165, 1.54) is 0 Å². The quantitative estimate of drug-likeness (QED) is 0.366. The SMILES string of the molecule is CCOc1ccc(CN2CCOc3ccccc3Oc3ncccc3C(=O)N(C)CC2)cc1Cn1cccn1. The van der Waals surface area contributed by atoms with Crippen LogP contribution in [-0.2, 0) is 13.1 Å². The summed E-state index contributed by atoms with van der Waals surface area (Å²) in [5.74, 6) is 2.11. The highest BCUT2D eigenvalue weighted by molar-refractivity contribution is 5.96. The topological polar surface area (TPSA) is 82.0 Å². The second kappa shape index (κ2) is 12.4. The lowest BCUT2D eigenvalue weighted by molar-refractivity contribution is 0.0770. The van der Waals surface area contributed by atoms with Crippen molar-refractivity contribution in [1.82, 2.24) is 24.6 Å². The molecule has 1 aliphatic rings. The van der Waals surface area contributed by atoms with Crippen molar-refractivity contribution in [2.75, 3.05) is 39.9 Å². The molecule has 5 rings (SSSR count). The van der Waals surface area contributed by atoms with Crippen LogP contribution in [0.25, 0.3) is 0 Å². The molecule has 0 unspecified atom stereocenters. The van der Waals surface area contributed by atoms with Gasteiger partial charge >= 0.3 is 0 Å². The first-order valence-corrected chi connectivity index (χ1v) is 13.1. The lowest BCUT2D eigenvalue weighted by Crippen LogP contribution is -2.37. The minimum atomic E-state index is -0.140. The molecule has 2 aromatic heterocycles. The molecule has 0 atom stereocenters. The lowest BCUT2D eigenvalue weighted by atomic mass is 10.1. The van der Waals surface area contributed by atoms with Crippen molar-refractivity contribution in [3.05, 3.63) is 95.9 Å². The highest BCUT2D eigenvalue weighted by atomic mass is 16.5. The second-order valence-electron chi connectivity index (χ2n) is 9.33. The number of carbonyl (C=O) groups is 1. The third-order valence-electron chi connectivity index (χ3n) is 6.54. The number of carbonyl (C=O) groups excluding carboxylic acids is 1. The average Bonchev–Trinajstić information content (AvgIpc) is 3.46. The zero-order valence-electron chi connectivity index (χ0n) is 22.3. The molecule has 202 valence electrons. The van der Waals surface area contributed by atoms with Crippen LogP contribution in [0.5, 0.6) is 23.1 Å². The molecule has 4 aromatic rings. The number of likely N-dealkylation sites (N-methyl/N-ethyl adjacent to an activating group) is 1. The van der Waals surface area contributed by atoms with Crippen molar-refractivity contribution >= 4 is 5.91 Å². The molecular weight excluding hydrogens is 494 g/mol. The molecule has 2 aromatic carbocycles. The van der Waals surface area contributed by atoms with Crippen molar-refractivity contribution < 1.29 is 19.0 Å². The van der Waals surface area contributed by atoms with E-state index in [4.69, 9.17) is 14.2 Å². The fraction of sp³-hybridized carbons (Fsp3) is 0.300. The fourth-order valence-electron chi connectivity index (χ4n) is 4.52. The van der Waals surface area contributed by atoms with Crippen LogP contribution >= 0.6 is 0 Å². The Balaban J connectivity index is 1.39. The van der Waals surface area contributed by atoms with Gasteiger partial charge in [0, 0.05) is 57.4 Å². The number of hydrogen-bond acceptors (Lipinski definition) is 7. The van der Waals surface area contributed by atoms with E-state index >= 15 is 0 Å². The summed E-state index contributed by atoms with van der Waals surface area (Å²) in [6.45, 7) is 6.25. The zero-order chi connectivity index (χ0) is 27.0. The molecule has 9 nitrogen and oxygen atoms in total. The molecule has 0 bridgehead atoms. The summed E-state index contributed by atoms with van der Waals surface area (Å²) in [6, 6.07) is 19.2. The van der Waals surface area contributed by atoms with Gasteiger partial charge in [0.25, 0.3) is 5.91 Å². The Bertz CT molecular complexity index is 1390. The predicted molar refractivity (Wildman–Crippen MR) is 147 cm³/mol. The van der Waals surface area contributed by atoms with Crippen molar-refractivity contribution in [3.8, 4) is 23.1 Å². The van der Waals surface area contributed by atoms with Crippen LogP contribution in [0.1, 0.15) is 28.4 Å². The number of nitrogens with zero attached hydrogens (tertiary/aromatic N) is 5. The van der Waals surface area contributed by atoms with Gasteiger partial charge in [-0.05, 0) is 55.0 Å². The molecule has 0 saturated carbocycles. The van der Waals surface area contributed by atoms with Crippen LogP contribution in [0, 0.1) is 0 Å². The van der Waals surface area contributed by atoms with Crippen LogP contribution in [-0.4, -0.2) is 70.4 Å². The van der Waals surface area contributed by atoms with Gasteiger partial charge in [-0.2, -0.15) is 5.10 Å². The second-order valence-corrected chi connectivity index (χ2v) is 9.33. The van der Waals surface area contributed by atoms with E-state index in [1.54, 1.807) is 36.5 Å². The van der Waals surface area contributed by atoms with Crippen LogP contribution in [0.4, 0.5) is 0 Å². The number of fused-ring (bicyclic) bond motifs is 2. The third kappa shape index (κ3) is 6.56. The van der Waals surface area contributed by atoms with E-state index in [9.17, 15) is 4.79 Å². The molecule has 1 aliphatic heterocycles. The first-order chi connectivity index (χ1) is 19.1. The number of para-hydroxylation sites is 2. The van der Waals surface area contributed by atoms with E-state index in [-0.39, 0.29) is 11.8 Å². The summed E-state index contributed by atoms with van der Waals surface area (Å²) in [5, 5.41) is 4.36. The van der Waals surface area contributed by atoms with Crippen molar-refractivity contribution in [2.24, 2.45) is 0 Å². The largest absolute Gasteiger partial charge is 0.494 e. The fourth-order valence-corrected chi connectivity index (χ4v) is 4.52. The Hall–Kier alpha value is -4.37. The van der Waals surface area contributed by atoms with E-state index in [0.29, 0.717) is 63.0 Å². The Morgan fingerprint density at radius 3 is 2.64 bits per heavy atom. The van der Waals surface area contributed by atoms with Crippen molar-refractivity contribution in [1.29, 1.82) is 0 Å². The minimum Gasteiger partial charge on any atom is -0.494 e.